The van der Waals surface area contributed by atoms with Crippen molar-refractivity contribution in [1.82, 2.24) is 0 Å². The van der Waals surface area contributed by atoms with E-state index in [2.05, 4.69) is 11.9 Å². The van der Waals surface area contributed by atoms with E-state index in [-0.39, 0.29) is 12.9 Å². The minimum absolute atomic E-state index is 0.148. The summed E-state index contributed by atoms with van der Waals surface area (Å²) in [7, 11) is 0. The van der Waals surface area contributed by atoms with Crippen LogP contribution in [0.4, 0.5) is 0 Å². The lowest BCUT2D eigenvalue weighted by Crippen LogP contribution is -2.25. The van der Waals surface area contributed by atoms with Gasteiger partial charge in [0.2, 0.25) is 5.90 Å². The molecule has 1 aliphatic rings. The summed E-state index contributed by atoms with van der Waals surface area (Å²) in [5.41, 5.74) is 0. The normalized spacial score (nSPS) is 15.2. The smallest absolute Gasteiger partial charge is 0.213 e. The molecule has 1 unspecified atom stereocenters. The molecule has 0 fully saturated rings. The minimum Gasteiger partial charge on any atom is -0.477 e. The van der Waals surface area contributed by atoms with Gasteiger partial charge in [0, 0.05) is 0 Å². The first-order chi connectivity index (χ1) is 12.4. The zero-order valence-electron chi connectivity index (χ0n) is 16.5. The Morgan fingerprint density at radius 2 is 1.40 bits per heavy atom. The predicted octanol–water partition coefficient (Wildman–Crippen LogP) is 5.62. The number of aliphatic hydroxyl groups excluding tert-OH is 1. The summed E-state index contributed by atoms with van der Waals surface area (Å²) in [6.45, 7) is 3.39. The molecule has 0 amide bonds. The van der Waals surface area contributed by atoms with Crippen LogP contribution in [0.3, 0.4) is 0 Å². The van der Waals surface area contributed by atoms with Crippen LogP contribution in [-0.2, 0) is 9.47 Å². The Bertz CT molecular complexity index is 320. The molecule has 0 radical (unpaired) electrons. The quantitative estimate of drug-likeness (QED) is 0.256. The molecule has 25 heavy (non-hydrogen) atoms. The topological polar surface area (TPSA) is 51.0 Å². The summed E-state index contributed by atoms with van der Waals surface area (Å²) in [6, 6.07) is 0. The zero-order chi connectivity index (χ0) is 18.0. The average molecular weight is 356 g/mol. The molecule has 148 valence electrons. The summed E-state index contributed by atoms with van der Waals surface area (Å²) < 4.78 is 10.8. The van der Waals surface area contributed by atoms with Crippen molar-refractivity contribution in [2.75, 3.05) is 19.9 Å². The molecule has 0 saturated heterocycles. The molecule has 0 aromatic heterocycles. The Morgan fingerprint density at radius 1 is 0.880 bits per heavy atom. The molecular weight excluding hydrogens is 314 g/mol. The van der Waals surface area contributed by atoms with Gasteiger partial charge in [-0.3, -0.25) is 0 Å². The molecule has 1 heterocycles. The second kappa shape index (κ2) is 16.8. The van der Waals surface area contributed by atoms with E-state index >= 15 is 0 Å². The first-order valence-electron chi connectivity index (χ1n) is 10.8. The second-order valence-electron chi connectivity index (χ2n) is 7.24. The number of hydrogen-bond donors (Lipinski definition) is 1. The molecule has 1 N–H and O–H groups in total. The van der Waals surface area contributed by atoms with E-state index in [1.165, 1.54) is 83.5 Å². The lowest BCUT2D eigenvalue weighted by atomic mass is 10.0. The van der Waals surface area contributed by atoms with Crippen molar-refractivity contribution >= 4 is 5.90 Å². The Kier molecular flexibility index (Phi) is 15.1. The van der Waals surface area contributed by atoms with Crippen molar-refractivity contribution in [3.8, 4) is 0 Å². The fourth-order valence-corrected chi connectivity index (χ4v) is 3.44. The highest BCUT2D eigenvalue weighted by Gasteiger charge is 2.20. The molecule has 4 nitrogen and oxygen atoms in total. The van der Waals surface area contributed by atoms with Crippen LogP contribution in [0.1, 0.15) is 103 Å². The highest BCUT2D eigenvalue weighted by Crippen LogP contribution is 2.15. The summed E-state index contributed by atoms with van der Waals surface area (Å²) >= 11 is 0. The van der Waals surface area contributed by atoms with Crippen LogP contribution < -0.4 is 0 Å². The fraction of sp³-hybridized carbons (Fsp3) is 0.952. The molecule has 1 rings (SSSR count). The maximum Gasteiger partial charge on any atom is 0.213 e. The average Bonchev–Trinajstić information content (AvgIpc) is 3.15. The Morgan fingerprint density at radius 3 is 1.84 bits per heavy atom. The van der Waals surface area contributed by atoms with Crippen molar-refractivity contribution < 1.29 is 14.6 Å². The maximum atomic E-state index is 8.98. The third kappa shape index (κ3) is 12.4. The molecule has 0 spiro atoms. The van der Waals surface area contributed by atoms with Crippen molar-refractivity contribution in [2.24, 2.45) is 4.99 Å². The third-order valence-corrected chi connectivity index (χ3v) is 4.98. The summed E-state index contributed by atoms with van der Waals surface area (Å²) in [6.07, 6.45) is 19.9. The molecule has 0 saturated carbocycles. The Hall–Kier alpha value is -0.610. The van der Waals surface area contributed by atoms with Crippen LogP contribution in [-0.4, -0.2) is 37.1 Å². The van der Waals surface area contributed by atoms with E-state index in [9.17, 15) is 0 Å². The summed E-state index contributed by atoms with van der Waals surface area (Å²) in [4.78, 5) is 4.30. The predicted molar refractivity (Wildman–Crippen MR) is 105 cm³/mol. The number of unbranched alkanes of at least 4 members (excludes halogenated alkanes) is 13. The van der Waals surface area contributed by atoms with Gasteiger partial charge in [-0.2, -0.15) is 0 Å². The SMILES string of the molecule is CCCCCCCCCCCCCCCCC(OCO)C1=NCCO1. The van der Waals surface area contributed by atoms with E-state index in [1.807, 2.05) is 0 Å². The van der Waals surface area contributed by atoms with Gasteiger partial charge >= 0.3 is 0 Å². The van der Waals surface area contributed by atoms with Crippen LogP contribution in [0.5, 0.6) is 0 Å². The monoisotopic (exact) mass is 355 g/mol. The number of hydrogen-bond acceptors (Lipinski definition) is 4. The first-order valence-corrected chi connectivity index (χ1v) is 10.8. The number of rotatable bonds is 18. The highest BCUT2D eigenvalue weighted by molar-refractivity contribution is 5.81. The van der Waals surface area contributed by atoms with Gasteiger partial charge in [-0.05, 0) is 6.42 Å². The Balaban J connectivity index is 1.83. The van der Waals surface area contributed by atoms with Gasteiger partial charge in [0.25, 0.3) is 0 Å². The van der Waals surface area contributed by atoms with Gasteiger partial charge in [0.05, 0.1) is 6.54 Å². The van der Waals surface area contributed by atoms with Gasteiger partial charge in [0.15, 0.2) is 0 Å². The van der Waals surface area contributed by atoms with Crippen LogP contribution in [0.25, 0.3) is 0 Å². The fourth-order valence-electron chi connectivity index (χ4n) is 3.44. The van der Waals surface area contributed by atoms with Crippen molar-refractivity contribution in [3.05, 3.63) is 0 Å². The lowest BCUT2D eigenvalue weighted by molar-refractivity contribution is -0.0331. The van der Waals surface area contributed by atoms with Crippen LogP contribution >= 0.6 is 0 Å². The van der Waals surface area contributed by atoms with Crippen LogP contribution in [0.15, 0.2) is 4.99 Å². The van der Waals surface area contributed by atoms with E-state index in [0.29, 0.717) is 12.5 Å². The largest absolute Gasteiger partial charge is 0.477 e. The van der Waals surface area contributed by atoms with E-state index in [4.69, 9.17) is 14.6 Å². The molecule has 0 bridgehead atoms. The lowest BCUT2D eigenvalue weighted by Gasteiger charge is -2.15. The number of aliphatic hydroxyl groups is 1. The number of aliphatic imine (C=N–C) groups is 1. The van der Waals surface area contributed by atoms with E-state index in [0.717, 1.165) is 19.4 Å². The molecule has 0 aromatic rings. The van der Waals surface area contributed by atoms with Crippen molar-refractivity contribution in [2.45, 2.75) is 109 Å². The summed E-state index contributed by atoms with van der Waals surface area (Å²) in [5, 5.41) is 8.98. The highest BCUT2D eigenvalue weighted by atomic mass is 16.6. The van der Waals surface area contributed by atoms with Gasteiger partial charge in [0.1, 0.15) is 19.5 Å². The molecular formula is C21H41NO3. The standard InChI is InChI=1S/C21H41NO3/c1-2-3-4-5-6-7-8-9-10-11-12-13-14-15-16-20(25-19-23)21-22-17-18-24-21/h20,23H,2-19H2,1H3. The van der Waals surface area contributed by atoms with Gasteiger partial charge < -0.3 is 14.6 Å². The summed E-state index contributed by atoms with van der Waals surface area (Å²) in [5.74, 6) is 0.684. The second-order valence-corrected chi connectivity index (χ2v) is 7.24. The minimum atomic E-state index is -0.258. The van der Waals surface area contributed by atoms with E-state index in [1.54, 1.807) is 0 Å². The number of nitrogens with zero attached hydrogens (tertiary/aromatic N) is 1. The van der Waals surface area contributed by atoms with Crippen LogP contribution in [0, 0.1) is 0 Å². The van der Waals surface area contributed by atoms with Gasteiger partial charge in [-0.15, -0.1) is 0 Å². The van der Waals surface area contributed by atoms with Gasteiger partial charge in [-0.1, -0.05) is 96.8 Å². The molecule has 1 atom stereocenters. The van der Waals surface area contributed by atoms with Gasteiger partial charge in [-0.25, -0.2) is 4.99 Å². The molecule has 1 aliphatic heterocycles. The van der Waals surface area contributed by atoms with Crippen molar-refractivity contribution in [3.63, 3.8) is 0 Å². The first kappa shape index (κ1) is 22.4. The Labute approximate surface area is 155 Å². The van der Waals surface area contributed by atoms with E-state index < -0.39 is 0 Å². The van der Waals surface area contributed by atoms with Crippen molar-refractivity contribution in [1.29, 1.82) is 0 Å². The van der Waals surface area contributed by atoms with Crippen LogP contribution in [0.2, 0.25) is 0 Å². The maximum absolute atomic E-state index is 8.98. The third-order valence-electron chi connectivity index (χ3n) is 4.98. The molecule has 4 heteroatoms. The molecule has 0 aliphatic carbocycles. The zero-order valence-corrected chi connectivity index (χ0v) is 16.5. The number of ether oxygens (including phenoxy) is 2. The molecule has 0 aromatic carbocycles.